The summed E-state index contributed by atoms with van der Waals surface area (Å²) in [4.78, 5) is 42.5. The first kappa shape index (κ1) is 23.5. The first-order valence-corrected chi connectivity index (χ1v) is 11.7. The highest BCUT2D eigenvalue weighted by Crippen LogP contribution is 2.43. The first-order chi connectivity index (χ1) is 16.4. The molecule has 3 aromatic rings. The van der Waals surface area contributed by atoms with E-state index in [0.29, 0.717) is 28.9 Å². The SMILES string of the molecule is CCOC(=O)c1ccc2c(c1)N(C(CC)C(=O)Nc1ccc(F)cc1)C(=O)c1ccccc1S2. The van der Waals surface area contributed by atoms with Gasteiger partial charge in [0, 0.05) is 15.5 Å². The van der Waals surface area contributed by atoms with Gasteiger partial charge in [-0.1, -0.05) is 30.8 Å². The van der Waals surface area contributed by atoms with E-state index in [1.54, 1.807) is 44.2 Å². The predicted molar refractivity (Wildman–Crippen MR) is 129 cm³/mol. The van der Waals surface area contributed by atoms with Crippen molar-refractivity contribution >= 4 is 40.9 Å². The van der Waals surface area contributed by atoms with Crippen LogP contribution in [-0.4, -0.2) is 30.4 Å². The summed E-state index contributed by atoms with van der Waals surface area (Å²) in [6.07, 6.45) is 0.314. The minimum absolute atomic E-state index is 0.219. The van der Waals surface area contributed by atoms with Crippen molar-refractivity contribution in [3.8, 4) is 0 Å². The molecule has 0 aromatic heterocycles. The van der Waals surface area contributed by atoms with Crippen molar-refractivity contribution in [3.05, 3.63) is 83.7 Å². The van der Waals surface area contributed by atoms with Gasteiger partial charge in [0.1, 0.15) is 11.9 Å². The smallest absolute Gasteiger partial charge is 0.338 e. The van der Waals surface area contributed by atoms with Gasteiger partial charge >= 0.3 is 5.97 Å². The Hall–Kier alpha value is -3.65. The number of amides is 2. The maximum absolute atomic E-state index is 13.8. The van der Waals surface area contributed by atoms with Gasteiger partial charge in [0.15, 0.2) is 0 Å². The zero-order valence-corrected chi connectivity index (χ0v) is 19.5. The van der Waals surface area contributed by atoms with Crippen LogP contribution in [0.4, 0.5) is 15.8 Å². The number of rotatable bonds is 6. The third-order valence-electron chi connectivity index (χ3n) is 5.40. The summed E-state index contributed by atoms with van der Waals surface area (Å²) in [5.41, 5.74) is 1.63. The number of esters is 1. The molecular weight excluding hydrogens is 455 g/mol. The average molecular weight is 479 g/mol. The minimum atomic E-state index is -0.875. The molecule has 1 unspecified atom stereocenters. The van der Waals surface area contributed by atoms with Crippen molar-refractivity contribution in [1.29, 1.82) is 0 Å². The zero-order chi connectivity index (χ0) is 24.2. The summed E-state index contributed by atoms with van der Waals surface area (Å²) in [7, 11) is 0. The van der Waals surface area contributed by atoms with Crippen LogP contribution in [0.1, 0.15) is 41.0 Å². The number of hydrogen-bond acceptors (Lipinski definition) is 5. The van der Waals surface area contributed by atoms with Gasteiger partial charge in [0.05, 0.1) is 23.4 Å². The Morgan fingerprint density at radius 1 is 1.03 bits per heavy atom. The second-order valence-corrected chi connectivity index (χ2v) is 8.68. The van der Waals surface area contributed by atoms with Crippen LogP contribution in [0, 0.1) is 5.82 Å². The van der Waals surface area contributed by atoms with E-state index in [1.165, 1.54) is 40.9 Å². The van der Waals surface area contributed by atoms with Crippen LogP contribution >= 0.6 is 11.8 Å². The van der Waals surface area contributed by atoms with Crippen LogP contribution < -0.4 is 10.2 Å². The molecule has 174 valence electrons. The Labute approximate surface area is 201 Å². The number of hydrogen-bond donors (Lipinski definition) is 1. The van der Waals surface area contributed by atoms with Crippen molar-refractivity contribution in [2.45, 2.75) is 36.1 Å². The number of nitrogens with one attached hydrogen (secondary N) is 1. The molecule has 0 fully saturated rings. The summed E-state index contributed by atoms with van der Waals surface area (Å²) in [6, 6.07) is 16.8. The van der Waals surface area contributed by atoms with E-state index in [-0.39, 0.29) is 12.5 Å². The molecule has 1 atom stereocenters. The van der Waals surface area contributed by atoms with Crippen LogP contribution in [0.2, 0.25) is 0 Å². The monoisotopic (exact) mass is 478 g/mol. The third-order valence-corrected chi connectivity index (χ3v) is 6.54. The van der Waals surface area contributed by atoms with Crippen molar-refractivity contribution < 1.29 is 23.5 Å². The van der Waals surface area contributed by atoms with E-state index in [2.05, 4.69) is 5.32 Å². The summed E-state index contributed by atoms with van der Waals surface area (Å²) < 4.78 is 18.4. The number of nitrogens with zero attached hydrogens (tertiary/aromatic N) is 1. The van der Waals surface area contributed by atoms with E-state index in [9.17, 15) is 18.8 Å². The van der Waals surface area contributed by atoms with Crippen molar-refractivity contribution in [2.24, 2.45) is 0 Å². The molecule has 6 nitrogen and oxygen atoms in total. The summed E-state index contributed by atoms with van der Waals surface area (Å²) in [6.45, 7) is 3.74. The lowest BCUT2D eigenvalue weighted by Crippen LogP contribution is -2.47. The lowest BCUT2D eigenvalue weighted by molar-refractivity contribution is -0.117. The van der Waals surface area contributed by atoms with Crippen molar-refractivity contribution in [1.82, 2.24) is 0 Å². The highest BCUT2D eigenvalue weighted by Gasteiger charge is 2.36. The number of anilines is 2. The molecule has 0 radical (unpaired) electrons. The third kappa shape index (κ3) is 4.68. The molecule has 0 aliphatic carbocycles. The van der Waals surface area contributed by atoms with Crippen molar-refractivity contribution in [2.75, 3.05) is 16.8 Å². The number of benzene rings is 3. The molecule has 0 saturated carbocycles. The molecule has 0 saturated heterocycles. The molecule has 2 amide bonds. The van der Waals surface area contributed by atoms with Gasteiger partial charge in [-0.2, -0.15) is 0 Å². The molecular formula is C26H23FN2O4S. The average Bonchev–Trinajstić information content (AvgIpc) is 2.95. The molecule has 0 spiro atoms. The molecule has 8 heteroatoms. The van der Waals surface area contributed by atoms with E-state index in [0.717, 1.165) is 9.79 Å². The van der Waals surface area contributed by atoms with E-state index < -0.39 is 23.7 Å². The standard InChI is InChI=1S/C26H23FN2O4S/c1-3-20(24(30)28-18-12-10-17(27)11-13-18)29-21-15-16(26(32)33-4-2)9-14-23(21)34-22-8-6-5-7-19(22)25(29)31/h5-15,20H,3-4H2,1-2H3,(H,28,30). The largest absolute Gasteiger partial charge is 0.462 e. The van der Waals surface area contributed by atoms with Gasteiger partial charge < -0.3 is 10.1 Å². The van der Waals surface area contributed by atoms with Crippen LogP contribution in [0.5, 0.6) is 0 Å². The van der Waals surface area contributed by atoms with Crippen LogP contribution in [0.15, 0.2) is 76.5 Å². The molecule has 1 N–H and O–H groups in total. The second kappa shape index (κ2) is 10.1. The van der Waals surface area contributed by atoms with Crippen molar-refractivity contribution in [3.63, 3.8) is 0 Å². The fourth-order valence-electron chi connectivity index (χ4n) is 3.78. The number of ether oxygens (including phenoxy) is 1. The molecule has 1 aliphatic heterocycles. The van der Waals surface area contributed by atoms with Gasteiger partial charge in [-0.05, 0) is 67.9 Å². The number of carbonyl (C=O) groups is 3. The summed E-state index contributed by atoms with van der Waals surface area (Å²) >= 11 is 1.40. The van der Waals surface area contributed by atoms with E-state index in [1.807, 2.05) is 12.1 Å². The van der Waals surface area contributed by atoms with Crippen LogP contribution in [0.25, 0.3) is 0 Å². The zero-order valence-electron chi connectivity index (χ0n) is 18.7. The lowest BCUT2D eigenvalue weighted by Gasteiger charge is -2.30. The van der Waals surface area contributed by atoms with Crippen LogP contribution in [0.3, 0.4) is 0 Å². The first-order valence-electron chi connectivity index (χ1n) is 10.9. The highest BCUT2D eigenvalue weighted by molar-refractivity contribution is 7.99. The lowest BCUT2D eigenvalue weighted by atomic mass is 10.1. The normalized spacial score (nSPS) is 13.4. The molecule has 4 rings (SSSR count). The Morgan fingerprint density at radius 2 is 1.76 bits per heavy atom. The quantitative estimate of drug-likeness (QED) is 0.472. The minimum Gasteiger partial charge on any atom is -0.462 e. The van der Waals surface area contributed by atoms with Gasteiger partial charge in [-0.15, -0.1) is 0 Å². The molecule has 1 aliphatic rings. The number of carbonyl (C=O) groups excluding carboxylic acids is 3. The fraction of sp³-hybridized carbons (Fsp3) is 0.192. The molecule has 1 heterocycles. The second-order valence-electron chi connectivity index (χ2n) is 7.60. The topological polar surface area (TPSA) is 75.7 Å². The Morgan fingerprint density at radius 3 is 2.47 bits per heavy atom. The van der Waals surface area contributed by atoms with E-state index >= 15 is 0 Å². The van der Waals surface area contributed by atoms with Gasteiger partial charge in [-0.3, -0.25) is 14.5 Å². The maximum atomic E-state index is 13.8. The Balaban J connectivity index is 1.80. The molecule has 3 aromatic carbocycles. The Kier molecular flexibility index (Phi) is 6.98. The predicted octanol–water partition coefficient (Wildman–Crippen LogP) is 5.53. The molecule has 34 heavy (non-hydrogen) atoms. The fourth-order valence-corrected chi connectivity index (χ4v) is 4.82. The highest BCUT2D eigenvalue weighted by atomic mass is 32.2. The van der Waals surface area contributed by atoms with Gasteiger partial charge in [0.25, 0.3) is 5.91 Å². The summed E-state index contributed by atoms with van der Waals surface area (Å²) in [5, 5.41) is 2.77. The maximum Gasteiger partial charge on any atom is 0.338 e. The van der Waals surface area contributed by atoms with E-state index in [4.69, 9.17) is 4.74 Å². The van der Waals surface area contributed by atoms with Gasteiger partial charge in [0.2, 0.25) is 5.91 Å². The number of fused-ring (bicyclic) bond motifs is 2. The Bertz CT molecular complexity index is 1250. The summed E-state index contributed by atoms with van der Waals surface area (Å²) in [5.74, 6) is -1.68. The number of halogens is 1. The molecule has 0 bridgehead atoms. The van der Waals surface area contributed by atoms with Crippen LogP contribution in [-0.2, 0) is 9.53 Å². The van der Waals surface area contributed by atoms with Gasteiger partial charge in [-0.25, -0.2) is 9.18 Å².